The smallest absolute Gasteiger partial charge is 0.339 e. The van der Waals surface area contributed by atoms with Crippen LogP contribution in [0.4, 0.5) is 0 Å². The summed E-state index contributed by atoms with van der Waals surface area (Å²) >= 11 is 0. The van der Waals surface area contributed by atoms with Gasteiger partial charge in [0.15, 0.2) is 11.5 Å². The molecule has 0 saturated carbocycles. The molecule has 0 spiro atoms. The van der Waals surface area contributed by atoms with Gasteiger partial charge >= 0.3 is 5.63 Å². The van der Waals surface area contributed by atoms with Crippen LogP contribution in [0.5, 0.6) is 17.2 Å². The number of nitrogens with one attached hydrogen (secondary N) is 1. The number of methoxy groups -OCH3 is 1. The van der Waals surface area contributed by atoms with Gasteiger partial charge in [-0.3, -0.25) is 4.79 Å². The van der Waals surface area contributed by atoms with Crippen LogP contribution in [0, 0.1) is 6.92 Å². The predicted molar refractivity (Wildman–Crippen MR) is 111 cm³/mol. The van der Waals surface area contributed by atoms with Crippen molar-refractivity contribution < 1.29 is 23.4 Å². The lowest BCUT2D eigenvalue weighted by atomic mass is 10.0. The third kappa shape index (κ3) is 4.10. The molecule has 1 aromatic heterocycles. The standard InChI is InChI=1S/C23H23NO6/c1-14-17-8-7-15(27-2)11-21(17)30-23(26)18(14)9-10-22(25)24-12-16-13-28-19-5-3-4-6-20(19)29-16/h3-8,11,16H,9-10,12-13H2,1-2H3,(H,24,25)/t16-/m0/s1. The third-order valence-electron chi connectivity index (χ3n) is 5.19. The molecule has 0 radical (unpaired) electrons. The molecule has 0 bridgehead atoms. The molecule has 7 heteroatoms. The molecule has 30 heavy (non-hydrogen) atoms. The Labute approximate surface area is 173 Å². The molecule has 0 saturated heterocycles. The number of hydrogen-bond acceptors (Lipinski definition) is 6. The number of ether oxygens (including phenoxy) is 3. The zero-order chi connectivity index (χ0) is 21.1. The van der Waals surface area contributed by atoms with E-state index in [0.717, 1.165) is 10.9 Å². The van der Waals surface area contributed by atoms with Gasteiger partial charge in [0.2, 0.25) is 5.91 Å². The van der Waals surface area contributed by atoms with Gasteiger partial charge in [-0.25, -0.2) is 4.79 Å². The number of carbonyl (C=O) groups is 1. The van der Waals surface area contributed by atoms with E-state index in [1.54, 1.807) is 13.2 Å². The van der Waals surface area contributed by atoms with Crippen molar-refractivity contribution >= 4 is 16.9 Å². The number of carbonyl (C=O) groups excluding carboxylic acids is 1. The van der Waals surface area contributed by atoms with Crippen LogP contribution >= 0.6 is 0 Å². The minimum absolute atomic E-state index is 0.161. The van der Waals surface area contributed by atoms with E-state index in [1.807, 2.05) is 43.3 Å². The normalized spacial score (nSPS) is 15.1. The van der Waals surface area contributed by atoms with Crippen molar-refractivity contribution in [2.75, 3.05) is 20.3 Å². The van der Waals surface area contributed by atoms with Gasteiger partial charge in [0.25, 0.3) is 0 Å². The second-order valence-corrected chi connectivity index (χ2v) is 7.16. The Morgan fingerprint density at radius 2 is 2.00 bits per heavy atom. The first-order valence-electron chi connectivity index (χ1n) is 9.80. The van der Waals surface area contributed by atoms with Crippen LogP contribution in [0.3, 0.4) is 0 Å². The maximum atomic E-state index is 12.4. The Bertz CT molecular complexity index is 1140. The van der Waals surface area contributed by atoms with Gasteiger partial charge in [-0.1, -0.05) is 12.1 Å². The molecule has 2 heterocycles. The highest BCUT2D eigenvalue weighted by molar-refractivity contribution is 5.82. The van der Waals surface area contributed by atoms with Crippen LogP contribution in [0.15, 0.2) is 51.7 Å². The monoisotopic (exact) mass is 409 g/mol. The van der Waals surface area contributed by atoms with E-state index in [2.05, 4.69) is 5.32 Å². The van der Waals surface area contributed by atoms with E-state index in [0.29, 0.717) is 48.0 Å². The van der Waals surface area contributed by atoms with E-state index in [4.69, 9.17) is 18.6 Å². The minimum atomic E-state index is -0.429. The number of benzene rings is 2. The molecule has 1 N–H and O–H groups in total. The summed E-state index contributed by atoms with van der Waals surface area (Å²) in [7, 11) is 1.56. The summed E-state index contributed by atoms with van der Waals surface area (Å²) in [5.74, 6) is 1.83. The summed E-state index contributed by atoms with van der Waals surface area (Å²) in [6.45, 7) is 2.57. The minimum Gasteiger partial charge on any atom is -0.497 e. The fraction of sp³-hybridized carbons (Fsp3) is 0.304. The molecule has 156 valence electrons. The van der Waals surface area contributed by atoms with Crippen LogP contribution in [0.1, 0.15) is 17.5 Å². The number of amides is 1. The molecule has 1 aliphatic rings. The van der Waals surface area contributed by atoms with Crippen LogP contribution in [0.2, 0.25) is 0 Å². The number of rotatable bonds is 6. The maximum absolute atomic E-state index is 12.4. The van der Waals surface area contributed by atoms with Crippen molar-refractivity contribution in [2.24, 2.45) is 0 Å². The average Bonchev–Trinajstić information content (AvgIpc) is 2.77. The highest BCUT2D eigenvalue weighted by Crippen LogP contribution is 2.30. The van der Waals surface area contributed by atoms with Crippen molar-refractivity contribution in [2.45, 2.75) is 25.9 Å². The first-order chi connectivity index (χ1) is 14.5. The van der Waals surface area contributed by atoms with Crippen LogP contribution in [-0.4, -0.2) is 32.3 Å². The summed E-state index contributed by atoms with van der Waals surface area (Å²) in [6, 6.07) is 12.8. The zero-order valence-corrected chi connectivity index (χ0v) is 16.9. The van der Waals surface area contributed by atoms with Crippen molar-refractivity contribution in [3.05, 3.63) is 64.0 Å². The van der Waals surface area contributed by atoms with E-state index in [1.165, 1.54) is 0 Å². The summed E-state index contributed by atoms with van der Waals surface area (Å²) < 4.78 is 22.1. The maximum Gasteiger partial charge on any atom is 0.339 e. The Balaban J connectivity index is 1.36. The lowest BCUT2D eigenvalue weighted by Crippen LogP contribution is -2.40. The highest BCUT2D eigenvalue weighted by atomic mass is 16.6. The first-order valence-corrected chi connectivity index (χ1v) is 9.80. The lowest BCUT2D eigenvalue weighted by Gasteiger charge is -2.26. The molecule has 4 rings (SSSR count). The number of hydrogen-bond donors (Lipinski definition) is 1. The Morgan fingerprint density at radius 1 is 1.20 bits per heavy atom. The molecule has 0 unspecified atom stereocenters. The molecule has 1 aliphatic heterocycles. The van der Waals surface area contributed by atoms with Gasteiger partial charge < -0.3 is 23.9 Å². The molecule has 7 nitrogen and oxygen atoms in total. The highest BCUT2D eigenvalue weighted by Gasteiger charge is 2.21. The van der Waals surface area contributed by atoms with Gasteiger partial charge in [0, 0.05) is 23.4 Å². The van der Waals surface area contributed by atoms with Gasteiger partial charge in [-0.15, -0.1) is 0 Å². The van der Waals surface area contributed by atoms with E-state index < -0.39 is 5.63 Å². The van der Waals surface area contributed by atoms with Gasteiger partial charge in [0.05, 0.1) is 13.7 Å². The molecule has 0 aliphatic carbocycles. The lowest BCUT2D eigenvalue weighted by molar-refractivity contribution is -0.121. The quantitative estimate of drug-likeness (QED) is 0.630. The van der Waals surface area contributed by atoms with E-state index >= 15 is 0 Å². The second-order valence-electron chi connectivity index (χ2n) is 7.16. The fourth-order valence-corrected chi connectivity index (χ4v) is 3.51. The fourth-order valence-electron chi connectivity index (χ4n) is 3.51. The first kappa shape index (κ1) is 19.8. The van der Waals surface area contributed by atoms with Gasteiger partial charge in [-0.2, -0.15) is 0 Å². The molecule has 2 aromatic carbocycles. The molecule has 1 atom stereocenters. The Kier molecular flexibility index (Phi) is 5.61. The van der Waals surface area contributed by atoms with Crippen molar-refractivity contribution in [3.63, 3.8) is 0 Å². The molecule has 0 fully saturated rings. The summed E-state index contributed by atoms with van der Waals surface area (Å²) in [6.07, 6.45) is 0.218. The second kappa shape index (κ2) is 8.49. The average molecular weight is 409 g/mol. The molecular weight excluding hydrogens is 386 g/mol. The van der Waals surface area contributed by atoms with Crippen LogP contribution < -0.4 is 25.2 Å². The van der Waals surface area contributed by atoms with Gasteiger partial charge in [-0.05, 0) is 43.2 Å². The Morgan fingerprint density at radius 3 is 2.80 bits per heavy atom. The van der Waals surface area contributed by atoms with E-state index in [9.17, 15) is 9.59 Å². The van der Waals surface area contributed by atoms with Crippen molar-refractivity contribution in [3.8, 4) is 17.2 Å². The van der Waals surface area contributed by atoms with Crippen molar-refractivity contribution in [1.29, 1.82) is 0 Å². The summed E-state index contributed by atoms with van der Waals surface area (Å²) in [4.78, 5) is 24.7. The number of para-hydroxylation sites is 2. The third-order valence-corrected chi connectivity index (χ3v) is 5.19. The summed E-state index contributed by atoms with van der Waals surface area (Å²) in [5, 5.41) is 3.68. The van der Waals surface area contributed by atoms with Gasteiger partial charge in [0.1, 0.15) is 24.0 Å². The van der Waals surface area contributed by atoms with Crippen LogP contribution in [-0.2, 0) is 11.2 Å². The Hall–Kier alpha value is -3.48. The topological polar surface area (TPSA) is 87.0 Å². The SMILES string of the molecule is COc1ccc2c(C)c(CCC(=O)NC[C@H]3COc4ccccc4O3)c(=O)oc2c1. The molecule has 1 amide bonds. The molecule has 3 aromatic rings. The number of aryl methyl sites for hydroxylation is 1. The van der Waals surface area contributed by atoms with E-state index in [-0.39, 0.29) is 18.4 Å². The number of fused-ring (bicyclic) bond motifs is 2. The molecular formula is C23H23NO6. The van der Waals surface area contributed by atoms with Crippen molar-refractivity contribution in [1.82, 2.24) is 5.32 Å². The largest absolute Gasteiger partial charge is 0.497 e. The predicted octanol–water partition coefficient (Wildman–Crippen LogP) is 3.00. The van der Waals surface area contributed by atoms with Crippen LogP contribution in [0.25, 0.3) is 11.0 Å². The summed E-state index contributed by atoms with van der Waals surface area (Å²) in [5.41, 5.74) is 1.37. The zero-order valence-electron chi connectivity index (χ0n) is 16.9.